The van der Waals surface area contributed by atoms with E-state index in [-0.39, 0.29) is 0 Å². The zero-order chi connectivity index (χ0) is 16.2. The zero-order valence-corrected chi connectivity index (χ0v) is 15.6. The summed E-state index contributed by atoms with van der Waals surface area (Å²) in [4.78, 5) is 0. The van der Waals surface area contributed by atoms with Gasteiger partial charge in [-0.05, 0) is 92.6 Å². The van der Waals surface area contributed by atoms with Crippen LogP contribution in [0.4, 0.5) is 0 Å². The predicted octanol–water partition coefficient (Wildman–Crippen LogP) is 6.26. The third-order valence-corrected chi connectivity index (χ3v) is 8.18. The van der Waals surface area contributed by atoms with Crippen LogP contribution in [0.2, 0.25) is 0 Å². The monoisotopic (exact) mass is 314 g/mol. The molecule has 2 saturated carbocycles. The molecule has 1 heteroatoms. The van der Waals surface area contributed by atoms with Gasteiger partial charge in [0.1, 0.15) is 0 Å². The Bertz CT molecular complexity index is 556. The summed E-state index contributed by atoms with van der Waals surface area (Å²) in [5.74, 6) is 4.09. The van der Waals surface area contributed by atoms with Crippen molar-refractivity contribution in [3.05, 3.63) is 23.0 Å². The summed E-state index contributed by atoms with van der Waals surface area (Å²) in [5, 5.41) is 0. The first-order valence-electron chi connectivity index (χ1n) is 10.0. The molecule has 23 heavy (non-hydrogen) atoms. The van der Waals surface area contributed by atoms with Crippen LogP contribution in [0.5, 0.6) is 0 Å². The highest BCUT2D eigenvalue weighted by molar-refractivity contribution is 5.39. The maximum Gasteiger partial charge on any atom is 0.0962 e. The summed E-state index contributed by atoms with van der Waals surface area (Å²) < 4.78 is 5.87. The van der Waals surface area contributed by atoms with E-state index in [1.54, 1.807) is 11.1 Å². The van der Waals surface area contributed by atoms with Gasteiger partial charge in [-0.1, -0.05) is 25.8 Å². The minimum atomic E-state index is 0.414. The fourth-order valence-electron chi connectivity index (χ4n) is 7.03. The van der Waals surface area contributed by atoms with Crippen molar-refractivity contribution in [3.63, 3.8) is 0 Å². The largest absolute Gasteiger partial charge is 0.498 e. The summed E-state index contributed by atoms with van der Waals surface area (Å²) in [6.07, 6.45) is 13.6. The number of fused-ring (bicyclic) bond motifs is 5. The summed E-state index contributed by atoms with van der Waals surface area (Å²) in [6.45, 7) is 10.5. The fourth-order valence-corrected chi connectivity index (χ4v) is 7.03. The first-order chi connectivity index (χ1) is 11.0. The molecule has 0 amide bonds. The van der Waals surface area contributed by atoms with Gasteiger partial charge in [-0.25, -0.2) is 0 Å². The van der Waals surface area contributed by atoms with Gasteiger partial charge in [0.15, 0.2) is 0 Å². The third kappa shape index (κ3) is 2.25. The second kappa shape index (κ2) is 5.39. The molecule has 0 N–H and O–H groups in total. The molecule has 1 nitrogen and oxygen atoms in total. The minimum Gasteiger partial charge on any atom is -0.498 e. The average molecular weight is 315 g/mol. The molecule has 0 heterocycles. The molecule has 5 atom stereocenters. The first kappa shape index (κ1) is 15.8. The molecule has 0 aromatic rings. The molecule has 4 aliphatic rings. The Hall–Kier alpha value is -0.720. The zero-order valence-electron chi connectivity index (χ0n) is 15.6. The van der Waals surface area contributed by atoms with Crippen molar-refractivity contribution in [2.24, 2.45) is 28.6 Å². The maximum atomic E-state index is 5.87. The molecule has 128 valence electrons. The van der Waals surface area contributed by atoms with Crippen molar-refractivity contribution in [2.45, 2.75) is 79.1 Å². The van der Waals surface area contributed by atoms with Crippen LogP contribution in [0.25, 0.3) is 0 Å². The van der Waals surface area contributed by atoms with Gasteiger partial charge >= 0.3 is 0 Å². The lowest BCUT2D eigenvalue weighted by molar-refractivity contribution is -0.0231. The lowest BCUT2D eigenvalue weighted by Gasteiger charge is -2.57. The van der Waals surface area contributed by atoms with Gasteiger partial charge in [0.25, 0.3) is 0 Å². The van der Waals surface area contributed by atoms with Gasteiger partial charge in [-0.2, -0.15) is 0 Å². The van der Waals surface area contributed by atoms with Crippen LogP contribution in [-0.4, -0.2) is 6.61 Å². The van der Waals surface area contributed by atoms with Gasteiger partial charge in [-0.15, -0.1) is 0 Å². The van der Waals surface area contributed by atoms with Crippen LogP contribution in [0.1, 0.15) is 79.1 Å². The van der Waals surface area contributed by atoms with E-state index in [4.69, 9.17) is 4.74 Å². The summed E-state index contributed by atoms with van der Waals surface area (Å²) >= 11 is 0. The van der Waals surface area contributed by atoms with Crippen LogP contribution in [0.3, 0.4) is 0 Å². The Kier molecular flexibility index (Phi) is 3.70. The molecular formula is C22H34O. The molecule has 0 saturated heterocycles. The maximum absolute atomic E-state index is 5.87. The fraction of sp³-hybridized carbons (Fsp3) is 0.818. The predicted molar refractivity (Wildman–Crippen MR) is 96.0 cm³/mol. The average Bonchev–Trinajstić information content (AvgIpc) is 2.91. The van der Waals surface area contributed by atoms with E-state index >= 15 is 0 Å². The smallest absolute Gasteiger partial charge is 0.0962 e. The Morgan fingerprint density at radius 3 is 2.74 bits per heavy atom. The molecule has 4 rings (SSSR count). The number of hydrogen-bond acceptors (Lipinski definition) is 1. The molecule has 0 aliphatic heterocycles. The normalized spacial score (nSPS) is 45.9. The second-order valence-electron chi connectivity index (χ2n) is 9.32. The quantitative estimate of drug-likeness (QED) is 0.584. The van der Waals surface area contributed by atoms with E-state index in [0.717, 1.165) is 30.8 Å². The number of allylic oxidation sites excluding steroid dienone is 4. The van der Waals surface area contributed by atoms with Crippen molar-refractivity contribution in [2.75, 3.05) is 6.61 Å². The van der Waals surface area contributed by atoms with E-state index in [2.05, 4.69) is 33.8 Å². The van der Waals surface area contributed by atoms with Crippen molar-refractivity contribution < 1.29 is 4.74 Å². The highest BCUT2D eigenvalue weighted by atomic mass is 16.5. The standard InChI is InChI=1S/C22H34O/c1-5-23-16-8-12-22(4)19-9-11-21(3)10-6-7-18(21)17(19)13-15(2)20(22)14-16/h14,17-19H,5-13H2,1-4H3/t17-,18-,19-,21-,22+/m0/s1. The highest BCUT2D eigenvalue weighted by Gasteiger charge is 2.56. The van der Waals surface area contributed by atoms with Crippen LogP contribution < -0.4 is 0 Å². The number of ether oxygens (including phenoxy) is 1. The number of hydrogen-bond donors (Lipinski definition) is 0. The summed E-state index contributed by atoms with van der Waals surface area (Å²) in [5.41, 5.74) is 4.39. The summed E-state index contributed by atoms with van der Waals surface area (Å²) in [6, 6.07) is 0. The van der Waals surface area contributed by atoms with Crippen LogP contribution in [0.15, 0.2) is 23.0 Å². The molecule has 0 aromatic heterocycles. The third-order valence-electron chi connectivity index (χ3n) is 8.18. The van der Waals surface area contributed by atoms with E-state index in [1.165, 1.54) is 50.7 Å². The Morgan fingerprint density at radius 2 is 1.96 bits per heavy atom. The lowest BCUT2D eigenvalue weighted by atomic mass is 9.48. The van der Waals surface area contributed by atoms with Crippen molar-refractivity contribution in [1.82, 2.24) is 0 Å². The molecule has 4 aliphatic carbocycles. The van der Waals surface area contributed by atoms with Crippen molar-refractivity contribution >= 4 is 0 Å². The van der Waals surface area contributed by atoms with Crippen LogP contribution in [-0.2, 0) is 4.74 Å². The molecule has 2 fully saturated rings. The van der Waals surface area contributed by atoms with Crippen molar-refractivity contribution in [1.29, 1.82) is 0 Å². The lowest BCUT2D eigenvalue weighted by Crippen LogP contribution is -2.48. The van der Waals surface area contributed by atoms with Gasteiger partial charge in [0.2, 0.25) is 0 Å². The second-order valence-corrected chi connectivity index (χ2v) is 9.32. The molecule has 0 unspecified atom stereocenters. The molecule has 0 bridgehead atoms. The van der Waals surface area contributed by atoms with Gasteiger partial charge in [0, 0.05) is 6.42 Å². The number of rotatable bonds is 2. The molecule has 0 aromatic carbocycles. The Balaban J connectivity index is 1.72. The van der Waals surface area contributed by atoms with Crippen LogP contribution in [0, 0.1) is 28.6 Å². The SMILES string of the molecule is CCOC1=CC2=C(C)C[C@H]3[C@@H]4CCC[C@@]4(C)CC[C@@H]3[C@@]2(C)CC1. The Labute approximate surface area is 142 Å². The minimum absolute atomic E-state index is 0.414. The van der Waals surface area contributed by atoms with Gasteiger partial charge < -0.3 is 4.74 Å². The Morgan fingerprint density at radius 1 is 1.13 bits per heavy atom. The topological polar surface area (TPSA) is 9.23 Å². The van der Waals surface area contributed by atoms with E-state index < -0.39 is 0 Å². The highest BCUT2D eigenvalue weighted by Crippen LogP contribution is 2.65. The van der Waals surface area contributed by atoms with Gasteiger partial charge in [0.05, 0.1) is 12.4 Å². The van der Waals surface area contributed by atoms with Gasteiger partial charge in [-0.3, -0.25) is 0 Å². The first-order valence-corrected chi connectivity index (χ1v) is 10.0. The molecule has 0 radical (unpaired) electrons. The van der Waals surface area contributed by atoms with E-state index in [9.17, 15) is 0 Å². The summed E-state index contributed by atoms with van der Waals surface area (Å²) in [7, 11) is 0. The van der Waals surface area contributed by atoms with E-state index in [0.29, 0.717) is 10.8 Å². The van der Waals surface area contributed by atoms with Crippen LogP contribution >= 0.6 is 0 Å². The molecule has 0 spiro atoms. The van der Waals surface area contributed by atoms with E-state index in [1.807, 2.05) is 0 Å². The van der Waals surface area contributed by atoms with Crippen molar-refractivity contribution in [3.8, 4) is 0 Å². The molecular weight excluding hydrogens is 280 g/mol.